The first-order chi connectivity index (χ1) is 8.19. The summed E-state index contributed by atoms with van der Waals surface area (Å²) in [4.78, 5) is 0. The highest BCUT2D eigenvalue weighted by molar-refractivity contribution is 5.30. The van der Waals surface area contributed by atoms with Gasteiger partial charge in [0.1, 0.15) is 17.4 Å². The van der Waals surface area contributed by atoms with Gasteiger partial charge in [0.05, 0.1) is 7.11 Å². The molecule has 0 radical (unpaired) electrons. The maximum absolute atomic E-state index is 13.5. The molecule has 0 fully saturated rings. The maximum Gasteiger partial charge on any atom is 0.133 e. The van der Waals surface area contributed by atoms with E-state index in [4.69, 9.17) is 4.74 Å². The smallest absolute Gasteiger partial charge is 0.133 e. The number of methoxy groups -OCH3 is 1. The second-order valence-electron chi connectivity index (χ2n) is 3.88. The van der Waals surface area contributed by atoms with Crippen molar-refractivity contribution in [2.24, 2.45) is 0 Å². The van der Waals surface area contributed by atoms with Gasteiger partial charge in [0.25, 0.3) is 0 Å². The highest BCUT2D eigenvalue weighted by Gasteiger charge is 2.10. The highest BCUT2D eigenvalue weighted by Crippen LogP contribution is 2.21. The number of halogens is 2. The maximum atomic E-state index is 13.5. The van der Waals surface area contributed by atoms with Gasteiger partial charge in [-0.05, 0) is 32.4 Å². The Morgan fingerprint density at radius 2 is 1.82 bits per heavy atom. The molecule has 0 bridgehead atoms. The quantitative estimate of drug-likeness (QED) is 0.743. The lowest BCUT2D eigenvalue weighted by Crippen LogP contribution is -2.14. The molecule has 0 amide bonds. The van der Waals surface area contributed by atoms with Gasteiger partial charge in [0, 0.05) is 17.7 Å². The lowest BCUT2D eigenvalue weighted by atomic mass is 10.1. The van der Waals surface area contributed by atoms with Crippen molar-refractivity contribution >= 4 is 0 Å². The Balaban J connectivity index is 2.53. The summed E-state index contributed by atoms with van der Waals surface area (Å²) >= 11 is 0. The van der Waals surface area contributed by atoms with Crippen LogP contribution in [0.2, 0.25) is 0 Å². The molecule has 0 spiro atoms. The predicted molar refractivity (Wildman–Crippen MR) is 64.4 cm³/mol. The fourth-order valence-corrected chi connectivity index (χ4v) is 1.67. The average Bonchev–Trinajstić information content (AvgIpc) is 2.31. The van der Waals surface area contributed by atoms with Crippen molar-refractivity contribution < 1.29 is 13.5 Å². The first kappa shape index (κ1) is 13.9. The molecular weight excluding hydrogens is 224 g/mol. The minimum absolute atomic E-state index is 0.155. The monoisotopic (exact) mass is 243 g/mol. The van der Waals surface area contributed by atoms with Crippen molar-refractivity contribution in [3.05, 3.63) is 29.3 Å². The largest absolute Gasteiger partial charge is 0.497 e. The number of nitrogens with one attached hydrogen (secondary N) is 1. The predicted octanol–water partition coefficient (Wildman–Crippen LogP) is 2.91. The second kappa shape index (κ2) is 7.22. The van der Waals surface area contributed by atoms with Crippen molar-refractivity contribution in [2.45, 2.75) is 26.2 Å². The summed E-state index contributed by atoms with van der Waals surface area (Å²) in [5, 5.41) is 3.17. The number of ether oxygens (including phenoxy) is 1. The van der Waals surface area contributed by atoms with E-state index in [-0.39, 0.29) is 11.3 Å². The number of benzene rings is 1. The van der Waals surface area contributed by atoms with Gasteiger partial charge in [-0.15, -0.1) is 0 Å². The number of hydrogen-bond donors (Lipinski definition) is 1. The van der Waals surface area contributed by atoms with Crippen molar-refractivity contribution in [2.75, 3.05) is 20.2 Å². The zero-order valence-electron chi connectivity index (χ0n) is 10.4. The van der Waals surface area contributed by atoms with Crippen LogP contribution in [0.1, 0.15) is 25.3 Å². The molecule has 1 rings (SSSR count). The molecule has 0 unspecified atom stereocenters. The minimum atomic E-state index is -0.523. The summed E-state index contributed by atoms with van der Waals surface area (Å²) in [5.41, 5.74) is 0.155. The van der Waals surface area contributed by atoms with Crippen LogP contribution in [0.3, 0.4) is 0 Å². The van der Waals surface area contributed by atoms with Crippen molar-refractivity contribution in [1.82, 2.24) is 5.32 Å². The van der Waals surface area contributed by atoms with Gasteiger partial charge < -0.3 is 10.1 Å². The Labute approximate surface area is 101 Å². The Morgan fingerprint density at radius 3 is 2.35 bits per heavy atom. The molecule has 0 aliphatic carbocycles. The van der Waals surface area contributed by atoms with Crippen LogP contribution in [-0.2, 0) is 6.42 Å². The van der Waals surface area contributed by atoms with Gasteiger partial charge in [-0.3, -0.25) is 0 Å². The molecule has 0 aliphatic rings. The number of unbranched alkanes of at least 4 members (excludes halogenated alkanes) is 1. The second-order valence-corrected chi connectivity index (χ2v) is 3.88. The standard InChI is InChI=1S/C13H19F2NO/c1-3-16-7-5-4-6-11-12(14)8-10(17-2)9-13(11)15/h8-9,16H,3-7H2,1-2H3. The van der Waals surface area contributed by atoms with E-state index in [1.807, 2.05) is 6.92 Å². The fraction of sp³-hybridized carbons (Fsp3) is 0.538. The normalized spacial score (nSPS) is 10.6. The zero-order valence-corrected chi connectivity index (χ0v) is 10.4. The van der Waals surface area contributed by atoms with Crippen LogP contribution in [0.15, 0.2) is 12.1 Å². The number of rotatable bonds is 7. The van der Waals surface area contributed by atoms with E-state index >= 15 is 0 Å². The van der Waals surface area contributed by atoms with E-state index in [9.17, 15) is 8.78 Å². The average molecular weight is 243 g/mol. The summed E-state index contributed by atoms with van der Waals surface area (Å²) in [7, 11) is 1.39. The van der Waals surface area contributed by atoms with Gasteiger partial charge in [-0.25, -0.2) is 8.78 Å². The Morgan fingerprint density at radius 1 is 1.18 bits per heavy atom. The number of hydrogen-bond acceptors (Lipinski definition) is 2. The summed E-state index contributed by atoms with van der Waals surface area (Å²) < 4.78 is 31.9. The van der Waals surface area contributed by atoms with Crippen LogP contribution in [0, 0.1) is 11.6 Å². The minimum Gasteiger partial charge on any atom is -0.497 e. The molecule has 96 valence electrons. The van der Waals surface area contributed by atoms with Crippen LogP contribution in [0.4, 0.5) is 8.78 Å². The zero-order chi connectivity index (χ0) is 12.7. The molecule has 0 saturated heterocycles. The third kappa shape index (κ3) is 4.30. The SMILES string of the molecule is CCNCCCCc1c(F)cc(OC)cc1F. The third-order valence-corrected chi connectivity index (χ3v) is 2.63. The van der Waals surface area contributed by atoms with Crippen LogP contribution >= 0.6 is 0 Å². The molecule has 1 aromatic rings. The Hall–Kier alpha value is -1.16. The van der Waals surface area contributed by atoms with E-state index in [2.05, 4.69) is 5.32 Å². The topological polar surface area (TPSA) is 21.3 Å². The van der Waals surface area contributed by atoms with Crippen LogP contribution < -0.4 is 10.1 Å². The molecule has 17 heavy (non-hydrogen) atoms. The molecule has 2 nitrogen and oxygen atoms in total. The van der Waals surface area contributed by atoms with E-state index in [0.29, 0.717) is 6.42 Å². The lowest BCUT2D eigenvalue weighted by molar-refractivity contribution is 0.405. The summed E-state index contributed by atoms with van der Waals surface area (Å²) in [6, 6.07) is 2.45. The molecule has 0 saturated carbocycles. The van der Waals surface area contributed by atoms with E-state index in [1.165, 1.54) is 19.2 Å². The molecule has 1 N–H and O–H groups in total. The molecule has 4 heteroatoms. The van der Waals surface area contributed by atoms with Gasteiger partial charge >= 0.3 is 0 Å². The van der Waals surface area contributed by atoms with Gasteiger partial charge in [-0.1, -0.05) is 6.92 Å². The van der Waals surface area contributed by atoms with Crippen LogP contribution in [0.25, 0.3) is 0 Å². The van der Waals surface area contributed by atoms with Gasteiger partial charge in [-0.2, -0.15) is 0 Å². The summed E-state index contributed by atoms with van der Waals surface area (Å²) in [5.74, 6) is -0.827. The van der Waals surface area contributed by atoms with Crippen LogP contribution in [0.5, 0.6) is 5.75 Å². The van der Waals surface area contributed by atoms with Crippen molar-refractivity contribution in [3.8, 4) is 5.75 Å². The van der Waals surface area contributed by atoms with Crippen LogP contribution in [-0.4, -0.2) is 20.2 Å². The first-order valence-electron chi connectivity index (χ1n) is 5.91. The lowest BCUT2D eigenvalue weighted by Gasteiger charge is -2.07. The van der Waals surface area contributed by atoms with Crippen molar-refractivity contribution in [1.29, 1.82) is 0 Å². The molecule has 0 heterocycles. The highest BCUT2D eigenvalue weighted by atomic mass is 19.1. The Bertz CT molecular complexity index is 332. The molecule has 0 atom stereocenters. The van der Waals surface area contributed by atoms with Crippen molar-refractivity contribution in [3.63, 3.8) is 0 Å². The van der Waals surface area contributed by atoms with Gasteiger partial charge in [0.15, 0.2) is 0 Å². The van der Waals surface area contributed by atoms with E-state index < -0.39 is 11.6 Å². The third-order valence-electron chi connectivity index (χ3n) is 2.63. The van der Waals surface area contributed by atoms with E-state index in [1.54, 1.807) is 0 Å². The first-order valence-corrected chi connectivity index (χ1v) is 5.91. The fourth-order valence-electron chi connectivity index (χ4n) is 1.67. The van der Waals surface area contributed by atoms with Gasteiger partial charge in [0.2, 0.25) is 0 Å². The summed E-state index contributed by atoms with van der Waals surface area (Å²) in [6.45, 7) is 3.84. The molecule has 0 aromatic heterocycles. The Kier molecular flexibility index (Phi) is 5.91. The molecular formula is C13H19F2NO. The summed E-state index contributed by atoms with van der Waals surface area (Å²) in [6.07, 6.45) is 2.11. The van der Waals surface area contributed by atoms with E-state index in [0.717, 1.165) is 25.9 Å². The molecule has 0 aliphatic heterocycles. The molecule has 1 aromatic carbocycles.